The Morgan fingerprint density at radius 1 is 0.900 bits per heavy atom. The minimum absolute atomic E-state index is 0.0318. The van der Waals surface area contributed by atoms with Crippen LogP contribution in [-0.4, -0.2) is 18.9 Å². The summed E-state index contributed by atoms with van der Waals surface area (Å²) in [7, 11) is -3.87. The highest BCUT2D eigenvalue weighted by Gasteiger charge is 2.17. The van der Waals surface area contributed by atoms with Crippen molar-refractivity contribution >= 4 is 55.7 Å². The van der Waals surface area contributed by atoms with E-state index < -0.39 is 10.0 Å². The standard InChI is InChI=1S/C22H16Cl2N2O3S/c23-17-12-18(24)14-20(13-17)30(28,29)25-19-6-7-21-16(11-19)8-9-26(21)22(27)10-15-4-2-1-3-5-15/h1-9,11-14,25H,10H2. The van der Waals surface area contributed by atoms with Gasteiger partial charge in [-0.25, -0.2) is 8.42 Å². The van der Waals surface area contributed by atoms with Gasteiger partial charge in [0.2, 0.25) is 5.91 Å². The summed E-state index contributed by atoms with van der Waals surface area (Å²) >= 11 is 11.8. The number of halogens is 2. The molecule has 8 heteroatoms. The molecule has 5 nitrogen and oxygen atoms in total. The lowest BCUT2D eigenvalue weighted by Crippen LogP contribution is -2.13. The number of carbonyl (C=O) groups excluding carboxylic acids is 1. The molecule has 0 amide bonds. The first-order valence-corrected chi connectivity index (χ1v) is 11.2. The van der Waals surface area contributed by atoms with E-state index in [1.807, 2.05) is 30.3 Å². The molecular formula is C22H16Cl2N2O3S. The molecule has 0 saturated carbocycles. The predicted octanol–water partition coefficient (Wildman–Crippen LogP) is 5.63. The van der Waals surface area contributed by atoms with Gasteiger partial charge in [0.15, 0.2) is 0 Å². The van der Waals surface area contributed by atoms with Crippen molar-refractivity contribution in [2.24, 2.45) is 0 Å². The van der Waals surface area contributed by atoms with E-state index >= 15 is 0 Å². The van der Waals surface area contributed by atoms with E-state index in [-0.39, 0.29) is 27.3 Å². The zero-order valence-corrected chi connectivity index (χ0v) is 17.9. The number of benzene rings is 3. The van der Waals surface area contributed by atoms with Crippen LogP contribution in [-0.2, 0) is 16.4 Å². The lowest BCUT2D eigenvalue weighted by Gasteiger charge is -2.10. The topological polar surface area (TPSA) is 68.2 Å². The van der Waals surface area contributed by atoms with E-state index in [2.05, 4.69) is 4.72 Å². The van der Waals surface area contributed by atoms with E-state index in [9.17, 15) is 13.2 Å². The number of sulfonamides is 1. The Balaban J connectivity index is 1.59. The van der Waals surface area contributed by atoms with Gasteiger partial charge in [-0.1, -0.05) is 53.5 Å². The molecule has 1 heterocycles. The summed E-state index contributed by atoms with van der Waals surface area (Å²) in [4.78, 5) is 12.6. The highest BCUT2D eigenvalue weighted by molar-refractivity contribution is 7.92. The molecule has 0 spiro atoms. The fourth-order valence-corrected chi connectivity index (χ4v) is 4.95. The van der Waals surface area contributed by atoms with Crippen LogP contribution in [0.25, 0.3) is 10.9 Å². The highest BCUT2D eigenvalue weighted by Crippen LogP contribution is 2.26. The number of anilines is 1. The second-order valence-corrected chi connectivity index (χ2v) is 9.28. The molecule has 0 unspecified atom stereocenters. The summed E-state index contributed by atoms with van der Waals surface area (Å²) < 4.78 is 29.4. The fourth-order valence-electron chi connectivity index (χ4n) is 3.18. The first-order valence-electron chi connectivity index (χ1n) is 8.99. The fraction of sp³-hybridized carbons (Fsp3) is 0.0455. The summed E-state index contributed by atoms with van der Waals surface area (Å²) in [6.45, 7) is 0. The molecule has 152 valence electrons. The third kappa shape index (κ3) is 4.36. The second-order valence-electron chi connectivity index (χ2n) is 6.73. The van der Waals surface area contributed by atoms with E-state index in [1.165, 1.54) is 18.2 Å². The van der Waals surface area contributed by atoms with Crippen LogP contribution in [0.5, 0.6) is 0 Å². The molecule has 30 heavy (non-hydrogen) atoms. The van der Waals surface area contributed by atoms with Crippen LogP contribution in [0.2, 0.25) is 10.0 Å². The van der Waals surface area contributed by atoms with Crippen molar-refractivity contribution in [3.63, 3.8) is 0 Å². The van der Waals surface area contributed by atoms with Gasteiger partial charge in [0.1, 0.15) is 0 Å². The molecule has 0 atom stereocenters. The van der Waals surface area contributed by atoms with Gasteiger partial charge in [-0.2, -0.15) is 0 Å². The van der Waals surface area contributed by atoms with Crippen molar-refractivity contribution in [2.45, 2.75) is 11.3 Å². The number of fused-ring (bicyclic) bond motifs is 1. The summed E-state index contributed by atoms with van der Waals surface area (Å²) in [6.07, 6.45) is 1.96. The maximum atomic E-state index is 12.7. The Morgan fingerprint density at radius 2 is 1.60 bits per heavy atom. The van der Waals surface area contributed by atoms with Crippen LogP contribution in [0.1, 0.15) is 10.4 Å². The van der Waals surface area contributed by atoms with Crippen LogP contribution in [0.4, 0.5) is 5.69 Å². The Morgan fingerprint density at radius 3 is 2.30 bits per heavy atom. The number of hydrogen-bond acceptors (Lipinski definition) is 3. The lowest BCUT2D eigenvalue weighted by atomic mass is 10.1. The van der Waals surface area contributed by atoms with Gasteiger partial charge in [0.25, 0.3) is 10.0 Å². The third-order valence-corrected chi connectivity index (χ3v) is 6.35. The van der Waals surface area contributed by atoms with Crippen LogP contribution in [0, 0.1) is 0 Å². The van der Waals surface area contributed by atoms with Gasteiger partial charge in [0.05, 0.1) is 16.8 Å². The molecule has 0 fully saturated rings. The highest BCUT2D eigenvalue weighted by atomic mass is 35.5. The monoisotopic (exact) mass is 458 g/mol. The van der Waals surface area contributed by atoms with Gasteiger partial charge < -0.3 is 0 Å². The molecule has 4 aromatic rings. The van der Waals surface area contributed by atoms with Crippen LogP contribution >= 0.6 is 23.2 Å². The van der Waals surface area contributed by atoms with Crippen molar-refractivity contribution in [3.8, 4) is 0 Å². The van der Waals surface area contributed by atoms with Gasteiger partial charge in [0, 0.05) is 27.3 Å². The lowest BCUT2D eigenvalue weighted by molar-refractivity contribution is 0.0919. The maximum absolute atomic E-state index is 12.7. The minimum atomic E-state index is -3.87. The quantitative estimate of drug-likeness (QED) is 0.421. The molecule has 0 bridgehead atoms. The second kappa shape index (κ2) is 8.14. The summed E-state index contributed by atoms with van der Waals surface area (Å²) in [5.74, 6) is -0.0712. The van der Waals surface area contributed by atoms with Crippen molar-refractivity contribution in [1.82, 2.24) is 4.57 Å². The molecule has 0 saturated heterocycles. The molecule has 0 aliphatic heterocycles. The number of aromatic nitrogens is 1. The Hall–Kier alpha value is -2.80. The van der Waals surface area contributed by atoms with Crippen molar-refractivity contribution in [3.05, 3.63) is 94.6 Å². The van der Waals surface area contributed by atoms with Gasteiger partial charge >= 0.3 is 0 Å². The zero-order valence-electron chi connectivity index (χ0n) is 15.5. The molecule has 1 N–H and O–H groups in total. The smallest absolute Gasteiger partial charge is 0.261 e. The summed E-state index contributed by atoms with van der Waals surface area (Å²) in [5.41, 5.74) is 1.99. The third-order valence-electron chi connectivity index (χ3n) is 4.56. The molecular weight excluding hydrogens is 443 g/mol. The molecule has 0 aliphatic rings. The van der Waals surface area contributed by atoms with E-state index in [1.54, 1.807) is 35.0 Å². The van der Waals surface area contributed by atoms with E-state index in [0.717, 1.165) is 10.9 Å². The number of rotatable bonds is 5. The minimum Gasteiger partial charge on any atom is -0.287 e. The Kier molecular flexibility index (Phi) is 5.56. The first kappa shape index (κ1) is 20.5. The Bertz CT molecular complexity index is 1330. The Labute approximate surface area is 183 Å². The SMILES string of the molecule is O=C(Cc1ccccc1)n1ccc2cc(NS(=O)(=O)c3cc(Cl)cc(Cl)c3)ccc21. The van der Waals surface area contributed by atoms with Crippen LogP contribution in [0.15, 0.2) is 83.9 Å². The summed E-state index contributed by atoms with van der Waals surface area (Å²) in [6, 6.07) is 20.4. The molecule has 1 aromatic heterocycles. The predicted molar refractivity (Wildman–Crippen MR) is 120 cm³/mol. The zero-order chi connectivity index (χ0) is 21.3. The van der Waals surface area contributed by atoms with E-state index in [4.69, 9.17) is 23.2 Å². The normalized spacial score (nSPS) is 11.5. The summed E-state index contributed by atoms with van der Waals surface area (Å²) in [5, 5.41) is 1.19. The van der Waals surface area contributed by atoms with Crippen molar-refractivity contribution < 1.29 is 13.2 Å². The average molecular weight is 459 g/mol. The van der Waals surface area contributed by atoms with Gasteiger partial charge in [-0.05, 0) is 48.0 Å². The maximum Gasteiger partial charge on any atom is 0.261 e. The number of carbonyl (C=O) groups is 1. The number of hydrogen-bond donors (Lipinski definition) is 1. The average Bonchev–Trinajstić information content (AvgIpc) is 3.11. The van der Waals surface area contributed by atoms with Crippen LogP contribution < -0.4 is 4.72 Å². The van der Waals surface area contributed by atoms with Crippen molar-refractivity contribution in [1.29, 1.82) is 0 Å². The molecule has 3 aromatic carbocycles. The molecule has 4 rings (SSSR count). The van der Waals surface area contributed by atoms with E-state index in [0.29, 0.717) is 11.2 Å². The van der Waals surface area contributed by atoms with Gasteiger partial charge in [-0.3, -0.25) is 14.1 Å². The number of nitrogens with zero attached hydrogens (tertiary/aromatic N) is 1. The van der Waals surface area contributed by atoms with Crippen molar-refractivity contribution in [2.75, 3.05) is 4.72 Å². The first-order chi connectivity index (χ1) is 14.3. The molecule has 0 radical (unpaired) electrons. The largest absolute Gasteiger partial charge is 0.287 e. The van der Waals surface area contributed by atoms with Crippen LogP contribution in [0.3, 0.4) is 0 Å². The molecule has 0 aliphatic carbocycles. The van der Waals surface area contributed by atoms with Gasteiger partial charge in [-0.15, -0.1) is 0 Å². The number of nitrogens with one attached hydrogen (secondary N) is 1.